The molecule has 0 aromatic carbocycles. The fourth-order valence-electron chi connectivity index (χ4n) is 1.83. The molecule has 0 aliphatic carbocycles. The summed E-state index contributed by atoms with van der Waals surface area (Å²) in [7, 11) is 0. The third kappa shape index (κ3) is 4.17. The number of hydrogen-bond donors (Lipinski definition) is 0. The molecule has 0 amide bonds. The molecule has 16 heavy (non-hydrogen) atoms. The Hall–Kier alpha value is -1.12. The first-order chi connectivity index (χ1) is 7.63. The Kier molecular flexibility index (Phi) is 5.23. The Morgan fingerprint density at radius 3 is 2.81 bits per heavy atom. The highest BCUT2D eigenvalue weighted by atomic mass is 16.5. The van der Waals surface area contributed by atoms with Crippen LogP contribution in [0, 0.1) is 5.92 Å². The zero-order valence-corrected chi connectivity index (χ0v) is 10.1. The maximum atomic E-state index is 11.2. The number of Topliss-reactive ketones (excluding diaryl/α,β-unsaturated/α-hetero) is 1. The molecule has 1 saturated heterocycles. The van der Waals surface area contributed by atoms with Crippen LogP contribution >= 0.6 is 0 Å². The lowest BCUT2D eigenvalue weighted by molar-refractivity contribution is -0.141. The molecule has 0 bridgehead atoms. The van der Waals surface area contributed by atoms with Crippen molar-refractivity contribution in [3.05, 3.63) is 12.2 Å². The summed E-state index contributed by atoms with van der Waals surface area (Å²) in [6, 6.07) is 0. The number of ketones is 1. The Morgan fingerprint density at radius 2 is 2.25 bits per heavy atom. The molecular formula is C13H20O3. The van der Waals surface area contributed by atoms with Crippen LogP contribution in [-0.4, -0.2) is 17.9 Å². The van der Waals surface area contributed by atoms with Gasteiger partial charge in [0.05, 0.1) is 6.42 Å². The number of carbonyl (C=O) groups is 2. The van der Waals surface area contributed by atoms with E-state index in [1.807, 2.05) is 26.0 Å². The molecule has 0 saturated carbocycles. The molecule has 0 radical (unpaired) electrons. The van der Waals surface area contributed by atoms with Crippen LogP contribution in [0.2, 0.25) is 0 Å². The second-order valence-corrected chi connectivity index (χ2v) is 4.41. The molecule has 1 aliphatic rings. The number of allylic oxidation sites excluding steroid dienone is 1. The van der Waals surface area contributed by atoms with Gasteiger partial charge in [-0.15, -0.1) is 0 Å². The lowest BCUT2D eigenvalue weighted by Crippen LogP contribution is -2.11. The van der Waals surface area contributed by atoms with E-state index < -0.39 is 0 Å². The predicted octanol–water partition coefficient (Wildman–Crippen LogP) is 2.64. The Labute approximate surface area is 96.9 Å². The molecule has 2 atom stereocenters. The van der Waals surface area contributed by atoms with Crippen molar-refractivity contribution >= 4 is 11.8 Å². The standard InChI is InChI=1S/C13H20O3/c1-3-6-11(14)7-4-5-8-12-10(2)9-13(15)16-12/h4-5,10,12H,3,6-9H2,1-2H3/b5-4-/t10-,12+/m1/s1. The molecule has 0 aromatic rings. The SMILES string of the molecule is CCCC(=O)C/C=C\C[C@@H]1OC(=O)C[C@H]1C. The highest BCUT2D eigenvalue weighted by Crippen LogP contribution is 2.24. The van der Waals surface area contributed by atoms with Gasteiger partial charge in [-0.25, -0.2) is 0 Å². The monoisotopic (exact) mass is 224 g/mol. The van der Waals surface area contributed by atoms with Gasteiger partial charge in [-0.3, -0.25) is 9.59 Å². The maximum absolute atomic E-state index is 11.2. The number of carbonyl (C=O) groups excluding carboxylic acids is 2. The first kappa shape index (κ1) is 12.9. The summed E-state index contributed by atoms with van der Waals surface area (Å²) in [6.07, 6.45) is 7.15. The number of esters is 1. The van der Waals surface area contributed by atoms with Crippen molar-refractivity contribution in [1.82, 2.24) is 0 Å². The lowest BCUT2D eigenvalue weighted by Gasteiger charge is -2.10. The molecule has 0 spiro atoms. The second kappa shape index (κ2) is 6.46. The van der Waals surface area contributed by atoms with Gasteiger partial charge in [-0.1, -0.05) is 26.0 Å². The predicted molar refractivity (Wildman–Crippen MR) is 62.0 cm³/mol. The van der Waals surface area contributed by atoms with E-state index >= 15 is 0 Å². The molecule has 0 unspecified atom stereocenters. The maximum Gasteiger partial charge on any atom is 0.306 e. The van der Waals surface area contributed by atoms with Crippen molar-refractivity contribution in [2.24, 2.45) is 5.92 Å². The summed E-state index contributed by atoms with van der Waals surface area (Å²) < 4.78 is 5.15. The normalized spacial score (nSPS) is 25.0. The summed E-state index contributed by atoms with van der Waals surface area (Å²) in [5.41, 5.74) is 0. The van der Waals surface area contributed by atoms with Gasteiger partial charge < -0.3 is 4.74 Å². The molecule has 3 nitrogen and oxygen atoms in total. The smallest absolute Gasteiger partial charge is 0.306 e. The van der Waals surface area contributed by atoms with Crippen molar-refractivity contribution < 1.29 is 14.3 Å². The van der Waals surface area contributed by atoms with E-state index in [0.29, 0.717) is 25.2 Å². The second-order valence-electron chi connectivity index (χ2n) is 4.41. The zero-order chi connectivity index (χ0) is 12.0. The minimum Gasteiger partial charge on any atom is -0.462 e. The Bertz CT molecular complexity index is 281. The summed E-state index contributed by atoms with van der Waals surface area (Å²) in [6.45, 7) is 4.02. The third-order valence-electron chi connectivity index (χ3n) is 2.82. The van der Waals surface area contributed by atoms with Crippen LogP contribution in [0.1, 0.15) is 46.0 Å². The molecule has 1 heterocycles. The number of rotatable bonds is 6. The van der Waals surface area contributed by atoms with E-state index in [1.165, 1.54) is 0 Å². The van der Waals surface area contributed by atoms with Crippen molar-refractivity contribution in [3.8, 4) is 0 Å². The molecule has 0 aromatic heterocycles. The van der Waals surface area contributed by atoms with Crippen molar-refractivity contribution in [3.63, 3.8) is 0 Å². The molecule has 90 valence electrons. The van der Waals surface area contributed by atoms with Crippen molar-refractivity contribution in [2.45, 2.75) is 52.1 Å². The third-order valence-corrected chi connectivity index (χ3v) is 2.82. The van der Waals surface area contributed by atoms with Crippen LogP contribution in [0.3, 0.4) is 0 Å². The average Bonchev–Trinajstić information content (AvgIpc) is 2.53. The quantitative estimate of drug-likeness (QED) is 0.514. The summed E-state index contributed by atoms with van der Waals surface area (Å²) in [4.78, 5) is 22.2. The van der Waals surface area contributed by atoms with Crippen molar-refractivity contribution in [2.75, 3.05) is 0 Å². The van der Waals surface area contributed by atoms with E-state index in [0.717, 1.165) is 12.8 Å². The Morgan fingerprint density at radius 1 is 1.50 bits per heavy atom. The minimum absolute atomic E-state index is 0.00465. The van der Waals surface area contributed by atoms with Crippen molar-refractivity contribution in [1.29, 1.82) is 0 Å². The first-order valence-electron chi connectivity index (χ1n) is 5.99. The van der Waals surface area contributed by atoms with E-state index in [2.05, 4.69) is 0 Å². The van der Waals surface area contributed by atoms with Gasteiger partial charge in [0.2, 0.25) is 0 Å². The van der Waals surface area contributed by atoms with Gasteiger partial charge >= 0.3 is 5.97 Å². The molecule has 1 fully saturated rings. The van der Waals surface area contributed by atoms with Gasteiger partial charge in [-0.2, -0.15) is 0 Å². The number of cyclic esters (lactones) is 1. The van der Waals surface area contributed by atoms with Gasteiger partial charge in [0, 0.05) is 25.2 Å². The van der Waals surface area contributed by atoms with Crippen LogP contribution in [0.4, 0.5) is 0 Å². The minimum atomic E-state index is -0.104. The van der Waals surface area contributed by atoms with Gasteiger partial charge in [0.25, 0.3) is 0 Å². The highest BCUT2D eigenvalue weighted by molar-refractivity contribution is 5.79. The fourth-order valence-corrected chi connectivity index (χ4v) is 1.83. The topological polar surface area (TPSA) is 43.4 Å². The lowest BCUT2D eigenvalue weighted by atomic mass is 10.0. The van der Waals surface area contributed by atoms with Gasteiger partial charge in [0.1, 0.15) is 11.9 Å². The summed E-state index contributed by atoms with van der Waals surface area (Å²) >= 11 is 0. The van der Waals surface area contributed by atoms with Crippen LogP contribution in [0.15, 0.2) is 12.2 Å². The summed E-state index contributed by atoms with van der Waals surface area (Å²) in [5, 5.41) is 0. The summed E-state index contributed by atoms with van der Waals surface area (Å²) in [5.74, 6) is 0.465. The number of hydrogen-bond acceptors (Lipinski definition) is 3. The van der Waals surface area contributed by atoms with Crippen LogP contribution in [0.25, 0.3) is 0 Å². The van der Waals surface area contributed by atoms with E-state index in [9.17, 15) is 9.59 Å². The molecule has 0 N–H and O–H groups in total. The highest BCUT2D eigenvalue weighted by Gasteiger charge is 2.29. The molecule has 1 rings (SSSR count). The molecule has 3 heteroatoms. The zero-order valence-electron chi connectivity index (χ0n) is 10.1. The largest absolute Gasteiger partial charge is 0.462 e. The van der Waals surface area contributed by atoms with Gasteiger partial charge in [-0.05, 0) is 6.42 Å². The number of ether oxygens (including phenoxy) is 1. The first-order valence-corrected chi connectivity index (χ1v) is 5.99. The van der Waals surface area contributed by atoms with Crippen LogP contribution in [-0.2, 0) is 14.3 Å². The fraction of sp³-hybridized carbons (Fsp3) is 0.692. The molecule has 1 aliphatic heterocycles. The van der Waals surface area contributed by atoms with E-state index in [1.54, 1.807) is 0 Å². The van der Waals surface area contributed by atoms with Crippen LogP contribution in [0.5, 0.6) is 0 Å². The Balaban J connectivity index is 2.21. The van der Waals surface area contributed by atoms with Crippen LogP contribution < -0.4 is 0 Å². The van der Waals surface area contributed by atoms with Gasteiger partial charge in [0.15, 0.2) is 0 Å². The molecular weight excluding hydrogens is 204 g/mol. The van der Waals surface area contributed by atoms with E-state index in [-0.39, 0.29) is 17.9 Å². The van der Waals surface area contributed by atoms with E-state index in [4.69, 9.17) is 4.74 Å². The average molecular weight is 224 g/mol.